The molecule has 0 N–H and O–H groups in total. The molecule has 0 spiro atoms. The maximum atomic E-state index is 13.1. The van der Waals surface area contributed by atoms with Crippen molar-refractivity contribution >= 4 is 11.5 Å². The molecule has 18 heavy (non-hydrogen) atoms. The summed E-state index contributed by atoms with van der Waals surface area (Å²) in [4.78, 5) is 11.1. The van der Waals surface area contributed by atoms with E-state index >= 15 is 0 Å². The van der Waals surface area contributed by atoms with Crippen molar-refractivity contribution in [3.8, 4) is 0 Å². The lowest BCUT2D eigenvalue weighted by atomic mass is 10.0. The molecule has 9 heteroatoms. The zero-order valence-electron chi connectivity index (χ0n) is 8.58. The van der Waals surface area contributed by atoms with Crippen molar-refractivity contribution < 1.29 is 35.7 Å². The Morgan fingerprint density at radius 2 is 1.44 bits per heavy atom. The standard InChI is InChI=1S/C9H4F7NO/c1-2(10)9(18)3-4(11)5(12)6(13)7(14)8(3)17(15)16/h2H,1H3. The smallest absolute Gasteiger partial charge is 0.202 e. The first-order valence-corrected chi connectivity index (χ1v) is 4.36. The van der Waals surface area contributed by atoms with Crippen LogP contribution in [-0.4, -0.2) is 12.0 Å². The van der Waals surface area contributed by atoms with Crippen molar-refractivity contribution in [1.82, 2.24) is 0 Å². The van der Waals surface area contributed by atoms with Gasteiger partial charge in [0.25, 0.3) is 0 Å². The summed E-state index contributed by atoms with van der Waals surface area (Å²) in [6, 6.07) is 0. The normalized spacial score (nSPS) is 12.4. The Bertz CT molecular complexity index is 500. The number of carbonyl (C=O) groups is 1. The number of benzene rings is 1. The fraction of sp³-hybridized carbons (Fsp3) is 0.222. The Labute approximate surface area is 95.5 Å². The minimum Gasteiger partial charge on any atom is -0.291 e. The minimum atomic E-state index is -2.52. The lowest BCUT2D eigenvalue weighted by Crippen LogP contribution is -2.20. The molecule has 0 saturated carbocycles. The SMILES string of the molecule is CC(F)C(=O)c1c(F)c(F)c(F)c(F)c1N(F)F. The highest BCUT2D eigenvalue weighted by Crippen LogP contribution is 2.33. The van der Waals surface area contributed by atoms with Crippen LogP contribution in [0.15, 0.2) is 0 Å². The average Bonchev–Trinajstić information content (AvgIpc) is 2.29. The average molecular weight is 275 g/mol. The molecule has 1 aromatic rings. The molecule has 2 nitrogen and oxygen atoms in total. The van der Waals surface area contributed by atoms with E-state index in [-0.39, 0.29) is 0 Å². The van der Waals surface area contributed by atoms with Gasteiger partial charge in [0.2, 0.25) is 5.78 Å². The van der Waals surface area contributed by atoms with E-state index in [0.29, 0.717) is 6.92 Å². The van der Waals surface area contributed by atoms with E-state index in [1.165, 1.54) is 0 Å². The summed E-state index contributed by atoms with van der Waals surface area (Å²) in [5.74, 6) is -11.8. The van der Waals surface area contributed by atoms with Gasteiger partial charge in [-0.2, -0.15) is 0 Å². The van der Waals surface area contributed by atoms with Crippen LogP contribution in [-0.2, 0) is 0 Å². The number of Topliss-reactive ketones (excluding diaryl/α,β-unsaturated/α-hetero) is 1. The summed E-state index contributed by atoms with van der Waals surface area (Å²) in [6.07, 6.45) is -2.50. The Morgan fingerprint density at radius 1 is 1.00 bits per heavy atom. The van der Waals surface area contributed by atoms with Crippen LogP contribution in [0.5, 0.6) is 0 Å². The summed E-state index contributed by atoms with van der Waals surface area (Å²) in [6.45, 7) is 0.547. The van der Waals surface area contributed by atoms with Gasteiger partial charge in [-0.1, -0.05) is 8.96 Å². The molecule has 1 unspecified atom stereocenters. The van der Waals surface area contributed by atoms with Crippen molar-refractivity contribution in [2.45, 2.75) is 13.1 Å². The molecule has 0 aliphatic carbocycles. The second-order valence-electron chi connectivity index (χ2n) is 3.19. The highest BCUT2D eigenvalue weighted by molar-refractivity contribution is 6.04. The Morgan fingerprint density at radius 3 is 1.83 bits per heavy atom. The largest absolute Gasteiger partial charge is 0.291 e. The Kier molecular flexibility index (Phi) is 3.82. The molecule has 1 rings (SSSR count). The van der Waals surface area contributed by atoms with Crippen LogP contribution in [0, 0.1) is 23.3 Å². The van der Waals surface area contributed by atoms with Crippen LogP contribution in [0.2, 0.25) is 0 Å². The third-order valence-electron chi connectivity index (χ3n) is 2.02. The monoisotopic (exact) mass is 275 g/mol. The molecule has 1 aromatic carbocycles. The first-order chi connectivity index (χ1) is 8.20. The van der Waals surface area contributed by atoms with Crippen molar-refractivity contribution in [1.29, 1.82) is 0 Å². The second-order valence-corrected chi connectivity index (χ2v) is 3.19. The van der Waals surface area contributed by atoms with Crippen molar-refractivity contribution in [2.24, 2.45) is 0 Å². The van der Waals surface area contributed by atoms with Gasteiger partial charge in [-0.3, -0.25) is 4.79 Å². The summed E-state index contributed by atoms with van der Waals surface area (Å²) in [5.41, 5.74) is -4.03. The van der Waals surface area contributed by atoms with Gasteiger partial charge in [0, 0.05) is 0 Å². The summed E-state index contributed by atoms with van der Waals surface area (Å²) in [7, 11) is 0. The van der Waals surface area contributed by atoms with Gasteiger partial charge in [-0.15, -0.1) is 0 Å². The molecule has 0 fully saturated rings. The number of anilines is 1. The molecule has 0 radical (unpaired) electrons. The molecule has 0 aliphatic rings. The van der Waals surface area contributed by atoms with Crippen LogP contribution in [0.4, 0.5) is 36.6 Å². The molecule has 0 aliphatic heterocycles. The van der Waals surface area contributed by atoms with E-state index in [1.54, 1.807) is 0 Å². The first kappa shape index (κ1) is 14.3. The molecule has 0 amide bonds. The van der Waals surface area contributed by atoms with Gasteiger partial charge >= 0.3 is 0 Å². The fourth-order valence-electron chi connectivity index (χ4n) is 1.20. The number of alkyl halides is 1. The predicted octanol–water partition coefficient (Wildman–Crippen LogP) is 3.36. The number of hydrogen-bond donors (Lipinski definition) is 0. The number of carbonyl (C=O) groups excluding carboxylic acids is 1. The van der Waals surface area contributed by atoms with E-state index in [0.717, 1.165) is 0 Å². The summed E-state index contributed by atoms with van der Waals surface area (Å²) in [5, 5.41) is -2.13. The zero-order valence-corrected chi connectivity index (χ0v) is 8.58. The number of hydrogen-bond acceptors (Lipinski definition) is 2. The van der Waals surface area contributed by atoms with Gasteiger partial charge in [0.1, 0.15) is 0 Å². The zero-order chi connectivity index (χ0) is 14.2. The van der Waals surface area contributed by atoms with Crippen LogP contribution < -0.4 is 5.34 Å². The topological polar surface area (TPSA) is 20.3 Å². The molecule has 0 heterocycles. The van der Waals surface area contributed by atoms with E-state index in [1.807, 2.05) is 0 Å². The van der Waals surface area contributed by atoms with Crippen LogP contribution in [0.3, 0.4) is 0 Å². The summed E-state index contributed by atoms with van der Waals surface area (Å²) >= 11 is 0. The highest BCUT2D eigenvalue weighted by Gasteiger charge is 2.34. The molecule has 1 atom stereocenters. The van der Waals surface area contributed by atoms with Crippen molar-refractivity contribution in [2.75, 3.05) is 5.34 Å². The van der Waals surface area contributed by atoms with Gasteiger partial charge in [-0.05, 0) is 12.3 Å². The van der Waals surface area contributed by atoms with E-state index < -0.39 is 51.8 Å². The van der Waals surface area contributed by atoms with Gasteiger partial charge in [0.05, 0.1) is 5.56 Å². The molecular weight excluding hydrogens is 271 g/mol. The second kappa shape index (κ2) is 4.83. The quantitative estimate of drug-likeness (QED) is 0.277. The molecule has 0 bridgehead atoms. The maximum absolute atomic E-state index is 13.1. The van der Waals surface area contributed by atoms with Crippen molar-refractivity contribution in [3.63, 3.8) is 0 Å². The molecule has 100 valence electrons. The maximum Gasteiger partial charge on any atom is 0.202 e. The third-order valence-corrected chi connectivity index (χ3v) is 2.02. The number of halogens is 7. The van der Waals surface area contributed by atoms with Crippen LogP contribution in [0.1, 0.15) is 17.3 Å². The third kappa shape index (κ3) is 2.12. The van der Waals surface area contributed by atoms with Gasteiger partial charge < -0.3 is 0 Å². The van der Waals surface area contributed by atoms with Gasteiger partial charge in [-0.25, -0.2) is 22.0 Å². The molecule has 0 aromatic heterocycles. The lowest BCUT2D eigenvalue weighted by molar-refractivity contribution is 0.0883. The van der Waals surface area contributed by atoms with Crippen molar-refractivity contribution in [3.05, 3.63) is 28.8 Å². The van der Waals surface area contributed by atoms with Gasteiger partial charge in [0.15, 0.2) is 35.1 Å². The van der Waals surface area contributed by atoms with E-state index in [9.17, 15) is 35.7 Å². The predicted molar refractivity (Wildman–Crippen MR) is 45.9 cm³/mol. The van der Waals surface area contributed by atoms with Crippen LogP contribution in [0.25, 0.3) is 0 Å². The number of rotatable bonds is 3. The molecular formula is C9H4F7NO. The van der Waals surface area contributed by atoms with Crippen LogP contribution >= 0.6 is 0 Å². The summed E-state index contributed by atoms with van der Waals surface area (Å²) < 4.78 is 88.8. The minimum absolute atomic E-state index is 0.547. The van der Waals surface area contributed by atoms with E-state index in [4.69, 9.17) is 0 Å². The number of ketones is 1. The first-order valence-electron chi connectivity index (χ1n) is 4.36. The van der Waals surface area contributed by atoms with E-state index in [2.05, 4.69) is 0 Å². The Balaban J connectivity index is 3.72. The Hall–Kier alpha value is -1.80. The lowest BCUT2D eigenvalue weighted by Gasteiger charge is -2.13. The molecule has 0 saturated heterocycles. The number of nitrogens with zero attached hydrogens (tertiary/aromatic N) is 1. The fourth-order valence-corrected chi connectivity index (χ4v) is 1.20. The highest BCUT2D eigenvalue weighted by atomic mass is 19.4.